The van der Waals surface area contributed by atoms with Crippen LogP contribution in [-0.2, 0) is 23.4 Å². The van der Waals surface area contributed by atoms with Gasteiger partial charge in [-0.2, -0.15) is 0 Å². The fraction of sp³-hybridized carbons (Fsp3) is 0.611. The van der Waals surface area contributed by atoms with E-state index in [4.69, 9.17) is 9.93 Å². The molecule has 0 bridgehead atoms. The average Bonchev–Trinajstić information content (AvgIpc) is 3.29. The molecule has 32 heavy (non-hydrogen) atoms. The Kier molecular flexibility index (Phi) is 7.50. The molecule has 3 amide bonds. The molecule has 0 radical (unpaired) electrons. The van der Waals surface area contributed by atoms with E-state index in [-0.39, 0.29) is 23.6 Å². The number of nitrogens with one attached hydrogen (secondary N) is 3. The number of guanidine groups is 1. The Bertz CT molecular complexity index is 880. The van der Waals surface area contributed by atoms with E-state index < -0.39 is 41.9 Å². The Morgan fingerprint density at radius 1 is 1.28 bits per heavy atom. The number of carbonyl (C=O) groups excluding carboxylic acids is 4. The highest BCUT2D eigenvalue weighted by Gasteiger charge is 2.60. The molecule has 3 unspecified atom stereocenters. The molecule has 0 aromatic rings. The number of rotatable bonds is 5. The third-order valence-electron chi connectivity index (χ3n) is 6.24. The van der Waals surface area contributed by atoms with Gasteiger partial charge in [-0.15, -0.1) is 0 Å². The summed E-state index contributed by atoms with van der Waals surface area (Å²) in [6.07, 6.45) is -1.19. The van der Waals surface area contributed by atoms with Crippen LogP contribution in [0.2, 0.25) is 0 Å². The summed E-state index contributed by atoms with van der Waals surface area (Å²) in [6, 6.07) is -0.304. The minimum Gasteiger partial charge on any atom is -0.447 e. The van der Waals surface area contributed by atoms with Gasteiger partial charge in [0.2, 0.25) is 17.8 Å². The van der Waals surface area contributed by atoms with Gasteiger partial charge in [-0.1, -0.05) is 6.92 Å². The van der Waals surface area contributed by atoms with Crippen LogP contribution in [0.3, 0.4) is 0 Å². The SMILES string of the molecule is C[C@@H](O)C1C(=O)N2C(C(=O)OP)=C(CN3CC[C@H](C(=O)NC(=N)NC(=O)OP)C3)[C@H](C)[C@H]12. The van der Waals surface area contributed by atoms with Crippen molar-refractivity contribution in [3.63, 3.8) is 0 Å². The van der Waals surface area contributed by atoms with Gasteiger partial charge in [-0.3, -0.25) is 30.5 Å². The second-order valence-corrected chi connectivity index (χ2v) is 8.62. The van der Waals surface area contributed by atoms with E-state index in [0.29, 0.717) is 26.1 Å². The summed E-state index contributed by atoms with van der Waals surface area (Å²) in [5, 5.41) is 22.0. The van der Waals surface area contributed by atoms with Crippen molar-refractivity contribution in [2.75, 3.05) is 19.6 Å². The van der Waals surface area contributed by atoms with E-state index in [9.17, 15) is 24.3 Å². The van der Waals surface area contributed by atoms with Gasteiger partial charge in [0.25, 0.3) is 0 Å². The molecule has 4 N–H and O–H groups in total. The molecular formula is C18H27N5O7P2. The molecule has 14 heteroatoms. The van der Waals surface area contributed by atoms with Crippen molar-refractivity contribution in [3.8, 4) is 0 Å². The van der Waals surface area contributed by atoms with Crippen LogP contribution in [0.1, 0.15) is 20.3 Å². The molecule has 3 rings (SSSR count). The first kappa shape index (κ1) is 24.5. The number of β-lactam (4-membered cyclic amide) rings is 1. The topological polar surface area (TPSA) is 161 Å². The first-order chi connectivity index (χ1) is 15.1. The summed E-state index contributed by atoms with van der Waals surface area (Å²) >= 11 is 0. The highest BCUT2D eigenvalue weighted by atomic mass is 31.0. The molecule has 0 aliphatic carbocycles. The molecule has 2 fully saturated rings. The van der Waals surface area contributed by atoms with Crippen LogP contribution in [0.25, 0.3) is 0 Å². The van der Waals surface area contributed by atoms with Crippen molar-refractivity contribution in [1.29, 1.82) is 5.41 Å². The monoisotopic (exact) mass is 487 g/mol. The summed E-state index contributed by atoms with van der Waals surface area (Å²) in [6.45, 7) is 4.79. The van der Waals surface area contributed by atoms with E-state index in [1.54, 1.807) is 16.4 Å². The van der Waals surface area contributed by atoms with Crippen molar-refractivity contribution in [2.24, 2.45) is 17.8 Å². The Balaban J connectivity index is 1.67. The Hall–Kier alpha value is -2.13. The normalized spacial score (nSPS) is 28.0. The molecular weight excluding hydrogens is 460 g/mol. The minimum atomic E-state index is -0.890. The zero-order valence-electron chi connectivity index (χ0n) is 17.7. The maximum atomic E-state index is 12.6. The highest BCUT2D eigenvalue weighted by Crippen LogP contribution is 2.47. The highest BCUT2D eigenvalue weighted by molar-refractivity contribution is 7.11. The van der Waals surface area contributed by atoms with Gasteiger partial charge in [-0.25, -0.2) is 9.59 Å². The van der Waals surface area contributed by atoms with Crippen LogP contribution in [0, 0.1) is 23.2 Å². The van der Waals surface area contributed by atoms with Gasteiger partial charge in [0.15, 0.2) is 0 Å². The van der Waals surface area contributed by atoms with Gasteiger partial charge in [0.05, 0.1) is 42.9 Å². The number of hydrogen-bond acceptors (Lipinski definition) is 9. The third kappa shape index (κ3) is 4.50. The number of fused-ring (bicyclic) bond motifs is 1. The summed E-state index contributed by atoms with van der Waals surface area (Å²) in [5.41, 5.74) is 0.937. The maximum Gasteiger partial charge on any atom is 0.416 e. The molecule has 3 heterocycles. The minimum absolute atomic E-state index is 0.158. The second kappa shape index (κ2) is 9.79. The zero-order chi connectivity index (χ0) is 23.7. The number of likely N-dealkylation sites (tertiary alicyclic amines) is 1. The van der Waals surface area contributed by atoms with Crippen molar-refractivity contribution >= 4 is 48.8 Å². The Morgan fingerprint density at radius 2 is 1.97 bits per heavy atom. The van der Waals surface area contributed by atoms with Crippen LogP contribution in [-0.4, -0.2) is 76.5 Å². The number of aliphatic hydroxyl groups excluding tert-OH is 1. The summed E-state index contributed by atoms with van der Waals surface area (Å²) in [5.74, 6) is -2.97. The fourth-order valence-corrected chi connectivity index (χ4v) is 4.89. The smallest absolute Gasteiger partial charge is 0.416 e. The average molecular weight is 487 g/mol. The molecule has 2 saturated heterocycles. The van der Waals surface area contributed by atoms with Crippen molar-refractivity contribution in [2.45, 2.75) is 32.4 Å². The number of aliphatic hydroxyl groups is 1. The third-order valence-corrected chi connectivity index (χ3v) is 6.66. The lowest BCUT2D eigenvalue weighted by molar-refractivity contribution is -0.162. The van der Waals surface area contributed by atoms with Crippen LogP contribution >= 0.6 is 18.9 Å². The molecule has 12 nitrogen and oxygen atoms in total. The standard InChI is InChI=1S/C18H27N5O7P2/c1-7-10(13(16(27)29-31)23-12(7)11(8(2)24)15(23)26)6-22-4-3-9(5-22)14(25)20-17(19)21-18(28)30-32/h7-9,11-12,24H,3-6,31-32H2,1-2H3,(H3,19,20,21,25,28)/t7-,8+,9-,11?,12+/m0/s1. The largest absolute Gasteiger partial charge is 0.447 e. The number of amides is 3. The van der Waals surface area contributed by atoms with E-state index in [1.807, 2.05) is 21.3 Å². The van der Waals surface area contributed by atoms with Gasteiger partial charge in [0.1, 0.15) is 5.70 Å². The lowest BCUT2D eigenvalue weighted by Gasteiger charge is -2.46. The predicted molar refractivity (Wildman–Crippen MR) is 118 cm³/mol. The molecule has 176 valence electrons. The van der Waals surface area contributed by atoms with Gasteiger partial charge >= 0.3 is 12.1 Å². The van der Waals surface area contributed by atoms with E-state index in [1.165, 1.54) is 4.90 Å². The molecule has 0 saturated carbocycles. The molecule has 7 atom stereocenters. The predicted octanol–water partition coefficient (Wildman–Crippen LogP) is -0.680. The van der Waals surface area contributed by atoms with Crippen LogP contribution in [0.15, 0.2) is 11.3 Å². The quantitative estimate of drug-likeness (QED) is 0.172. The first-order valence-electron chi connectivity index (χ1n) is 10.0. The number of nitrogens with zero attached hydrogens (tertiary/aromatic N) is 2. The molecule has 0 aromatic carbocycles. The molecule has 3 aliphatic rings. The zero-order valence-corrected chi connectivity index (χ0v) is 20.0. The van der Waals surface area contributed by atoms with E-state index in [0.717, 1.165) is 5.57 Å². The molecule has 3 aliphatic heterocycles. The summed E-state index contributed by atoms with van der Waals surface area (Å²) in [4.78, 5) is 52.0. The van der Waals surface area contributed by atoms with Crippen molar-refractivity contribution in [1.82, 2.24) is 20.4 Å². The second-order valence-electron chi connectivity index (χ2n) is 8.15. The Morgan fingerprint density at radius 3 is 2.56 bits per heavy atom. The molecule has 0 aromatic heterocycles. The molecule has 0 spiro atoms. The first-order valence-corrected chi connectivity index (χ1v) is 11.0. The van der Waals surface area contributed by atoms with E-state index in [2.05, 4.69) is 15.2 Å². The Labute approximate surface area is 189 Å². The lowest BCUT2D eigenvalue weighted by atomic mass is 9.77. The van der Waals surface area contributed by atoms with Gasteiger partial charge in [0, 0.05) is 19.0 Å². The maximum absolute atomic E-state index is 12.6. The van der Waals surface area contributed by atoms with Crippen LogP contribution in [0.5, 0.6) is 0 Å². The van der Waals surface area contributed by atoms with Crippen molar-refractivity contribution < 1.29 is 33.3 Å². The van der Waals surface area contributed by atoms with Gasteiger partial charge < -0.3 is 19.1 Å². The van der Waals surface area contributed by atoms with Crippen LogP contribution < -0.4 is 10.6 Å². The lowest BCUT2D eigenvalue weighted by Crippen LogP contribution is -2.63. The van der Waals surface area contributed by atoms with Crippen LogP contribution in [0.4, 0.5) is 4.79 Å². The van der Waals surface area contributed by atoms with Crippen molar-refractivity contribution in [3.05, 3.63) is 11.3 Å². The van der Waals surface area contributed by atoms with Gasteiger partial charge in [-0.05, 0) is 25.5 Å². The summed E-state index contributed by atoms with van der Waals surface area (Å²) in [7, 11) is 3.64. The number of carbonyl (C=O) groups is 4. The number of hydrogen-bond donors (Lipinski definition) is 4. The fourth-order valence-electron chi connectivity index (χ4n) is 4.72. The summed E-state index contributed by atoms with van der Waals surface area (Å²) < 4.78 is 9.13. The van der Waals surface area contributed by atoms with E-state index >= 15 is 0 Å².